The zero-order valence-corrected chi connectivity index (χ0v) is 20.0. The zero-order valence-electron chi connectivity index (χ0n) is 20.0. The maximum Gasteiger partial charge on any atom is 0.416 e. The van der Waals surface area contributed by atoms with E-state index in [1.165, 1.54) is 12.3 Å². The largest absolute Gasteiger partial charge is 0.416 e. The Labute approximate surface area is 215 Å². The van der Waals surface area contributed by atoms with Gasteiger partial charge in [0.1, 0.15) is 11.2 Å². The number of allylic oxidation sites excluding steroid dienone is 1. The monoisotopic (exact) mass is 517 g/mol. The Morgan fingerprint density at radius 3 is 2.84 bits per heavy atom. The number of aromatic nitrogens is 3. The second-order valence-electron chi connectivity index (χ2n) is 10.1. The molecule has 1 amide bonds. The number of alkyl halides is 3. The first kappa shape index (κ1) is 23.0. The van der Waals surface area contributed by atoms with Crippen molar-refractivity contribution < 1.29 is 22.8 Å². The predicted molar refractivity (Wildman–Crippen MR) is 133 cm³/mol. The van der Waals surface area contributed by atoms with Gasteiger partial charge in [0.25, 0.3) is 0 Å². The molecule has 1 aliphatic heterocycles. The summed E-state index contributed by atoms with van der Waals surface area (Å²) in [5.74, 6) is 0.502. The molecule has 3 heterocycles. The number of anilines is 1. The van der Waals surface area contributed by atoms with Crippen LogP contribution in [-0.4, -0.2) is 21.1 Å². The van der Waals surface area contributed by atoms with E-state index in [1.807, 2.05) is 18.2 Å². The summed E-state index contributed by atoms with van der Waals surface area (Å²) in [6, 6.07) is 11.9. The van der Waals surface area contributed by atoms with Gasteiger partial charge in [-0.05, 0) is 78.3 Å². The Morgan fingerprint density at radius 2 is 1.97 bits per heavy atom. The average molecular weight is 518 g/mol. The van der Waals surface area contributed by atoms with Gasteiger partial charge in [0.2, 0.25) is 5.91 Å². The van der Waals surface area contributed by atoms with Crippen molar-refractivity contribution in [2.45, 2.75) is 31.5 Å². The first-order valence-corrected chi connectivity index (χ1v) is 12.4. The van der Waals surface area contributed by atoms with E-state index in [1.54, 1.807) is 24.5 Å². The fourth-order valence-corrected chi connectivity index (χ4v) is 6.31. The van der Waals surface area contributed by atoms with Gasteiger partial charge in [0.15, 0.2) is 0 Å². The lowest BCUT2D eigenvalue weighted by molar-refractivity contribution is -0.137. The summed E-state index contributed by atoms with van der Waals surface area (Å²) < 4.78 is 40.0. The van der Waals surface area contributed by atoms with Crippen molar-refractivity contribution in [2.24, 2.45) is 11.3 Å². The number of carbonyl (C=O) groups excluding carboxylic acids is 1. The van der Waals surface area contributed by atoms with Crippen LogP contribution < -0.4 is 10.8 Å². The highest BCUT2D eigenvalue weighted by atomic mass is 19.4. The van der Waals surface area contributed by atoms with Gasteiger partial charge in [-0.25, -0.2) is 0 Å². The van der Waals surface area contributed by atoms with E-state index < -0.39 is 23.2 Å². The maximum atomic E-state index is 14.1. The van der Waals surface area contributed by atoms with E-state index in [-0.39, 0.29) is 11.8 Å². The zero-order chi connectivity index (χ0) is 26.1. The molecule has 2 bridgehead atoms. The van der Waals surface area contributed by atoms with Crippen LogP contribution in [0.15, 0.2) is 78.5 Å². The van der Waals surface area contributed by atoms with Crippen molar-refractivity contribution in [3.05, 3.63) is 89.6 Å². The molecule has 1 saturated heterocycles. The highest BCUT2D eigenvalue weighted by molar-refractivity contribution is 6.00. The third kappa shape index (κ3) is 3.36. The van der Waals surface area contributed by atoms with Gasteiger partial charge < -0.3 is 10.2 Å². The summed E-state index contributed by atoms with van der Waals surface area (Å²) in [5, 5.41) is 10.9. The minimum absolute atomic E-state index is 0.0300. The van der Waals surface area contributed by atoms with Gasteiger partial charge in [-0.2, -0.15) is 18.3 Å². The van der Waals surface area contributed by atoms with Crippen molar-refractivity contribution in [1.82, 2.24) is 20.7 Å². The number of amides is 1. The number of carbonyl (C=O) groups is 1. The number of fused-ring (bicyclic) bond motifs is 5. The molecule has 7 rings (SSSR count). The van der Waals surface area contributed by atoms with E-state index in [9.17, 15) is 18.0 Å². The summed E-state index contributed by atoms with van der Waals surface area (Å²) in [5.41, 5.74) is 5.58. The second-order valence-corrected chi connectivity index (χ2v) is 10.1. The van der Waals surface area contributed by atoms with Crippen molar-refractivity contribution in [2.75, 3.05) is 5.32 Å². The minimum Gasteiger partial charge on any atom is -0.411 e. The van der Waals surface area contributed by atoms with Crippen LogP contribution in [0.2, 0.25) is 0 Å². The van der Waals surface area contributed by atoms with Crippen LogP contribution in [-0.2, 0) is 15.8 Å². The van der Waals surface area contributed by atoms with E-state index >= 15 is 0 Å². The first-order valence-electron chi connectivity index (χ1n) is 12.4. The normalized spacial score (nSPS) is 24.1. The Bertz CT molecular complexity index is 1630. The summed E-state index contributed by atoms with van der Waals surface area (Å²) in [7, 11) is 0. The fourth-order valence-electron chi connectivity index (χ4n) is 6.31. The fraction of sp³-hybridized carbons (Fsp3) is 0.250. The Hall–Kier alpha value is -4.18. The lowest BCUT2D eigenvalue weighted by Crippen LogP contribution is -2.45. The van der Waals surface area contributed by atoms with E-state index in [0.717, 1.165) is 47.9 Å². The quantitative estimate of drug-likeness (QED) is 0.313. The highest BCUT2D eigenvalue weighted by Gasteiger charge is 2.66. The molecule has 38 heavy (non-hydrogen) atoms. The summed E-state index contributed by atoms with van der Waals surface area (Å²) in [6.45, 7) is 0. The molecule has 192 valence electrons. The molecule has 0 radical (unpaired) electrons. The van der Waals surface area contributed by atoms with Crippen molar-refractivity contribution >= 4 is 22.5 Å². The van der Waals surface area contributed by atoms with Gasteiger partial charge in [-0.1, -0.05) is 12.1 Å². The molecule has 7 nitrogen and oxygen atoms in total. The highest BCUT2D eigenvalue weighted by Crippen LogP contribution is 2.64. The number of rotatable bonds is 4. The van der Waals surface area contributed by atoms with Gasteiger partial charge >= 0.3 is 6.18 Å². The first-order chi connectivity index (χ1) is 18.3. The maximum absolute atomic E-state index is 14.1. The molecule has 2 aromatic heterocycles. The number of halogens is 3. The lowest BCUT2D eigenvalue weighted by Gasteiger charge is -2.35. The van der Waals surface area contributed by atoms with Crippen molar-refractivity contribution in [1.29, 1.82) is 0 Å². The molecule has 3 atom stereocenters. The third-order valence-corrected chi connectivity index (χ3v) is 8.05. The third-order valence-electron chi connectivity index (χ3n) is 8.05. The number of nitrogens with zero attached hydrogens (tertiary/aromatic N) is 2. The number of hydrogen-bond acceptors (Lipinski definition) is 5. The average Bonchev–Trinajstić information content (AvgIpc) is 3.70. The van der Waals surface area contributed by atoms with Gasteiger partial charge in [0, 0.05) is 29.0 Å². The molecule has 10 heteroatoms. The molecule has 2 fully saturated rings. The lowest BCUT2D eigenvalue weighted by atomic mass is 9.67. The van der Waals surface area contributed by atoms with Crippen molar-refractivity contribution in [3.8, 4) is 11.1 Å². The molecule has 2 aromatic carbocycles. The topological polar surface area (TPSA) is 91.9 Å². The van der Waals surface area contributed by atoms with Gasteiger partial charge in [-0.3, -0.25) is 14.9 Å². The van der Waals surface area contributed by atoms with Crippen LogP contribution in [0.1, 0.15) is 36.4 Å². The van der Waals surface area contributed by atoms with E-state index in [0.29, 0.717) is 28.1 Å². The number of nitrogens with one attached hydrogen (secondary N) is 3. The molecule has 0 spiro atoms. The molecule has 3 N–H and O–H groups in total. The number of aromatic amines is 1. The van der Waals surface area contributed by atoms with Gasteiger partial charge in [-0.15, -0.1) is 5.48 Å². The molecule has 1 saturated carbocycles. The predicted octanol–water partition coefficient (Wildman–Crippen LogP) is 5.91. The molecular weight excluding hydrogens is 495 g/mol. The van der Waals surface area contributed by atoms with Crippen LogP contribution in [0.3, 0.4) is 0 Å². The Kier molecular flexibility index (Phi) is 4.93. The smallest absolute Gasteiger partial charge is 0.411 e. The van der Waals surface area contributed by atoms with Gasteiger partial charge in [0.05, 0.1) is 23.3 Å². The van der Waals surface area contributed by atoms with E-state index in [4.69, 9.17) is 4.84 Å². The number of pyridine rings is 1. The van der Waals surface area contributed by atoms with Crippen molar-refractivity contribution in [3.63, 3.8) is 0 Å². The van der Waals surface area contributed by atoms with E-state index in [2.05, 4.69) is 26.0 Å². The van der Waals surface area contributed by atoms with Crippen LogP contribution in [0.5, 0.6) is 0 Å². The minimum atomic E-state index is -4.45. The van der Waals surface area contributed by atoms with Crippen LogP contribution >= 0.6 is 0 Å². The molecular formula is C28H22F3N5O2. The van der Waals surface area contributed by atoms with Crippen LogP contribution in [0, 0.1) is 11.3 Å². The standard InChI is InChI=1S/C28H22F3N5O2/c29-28(30,31)21-3-1-2-15(9-21)17-8-19(13-32-12-17)24-27(20-5-4-16(10-20)25(27)38-36-24)26(37)34-22-6-7-23-18(11-22)14-33-35-23/h1-3,6-9,11-14,20,24,36H,4-5,10H2,(H,33,35)(H,34,37). The molecule has 4 aromatic rings. The second kappa shape index (κ2) is 8.16. The SMILES string of the molecule is O=C(Nc1ccc2[nH]ncc2c1)C12C(=C3CCC1C3)ONC2c1cncc(-c2cccc(C(F)(F)F)c2)c1. The molecule has 3 unspecified atom stereocenters. The number of H-pyrrole nitrogens is 1. The molecule has 3 aliphatic rings. The number of hydroxylamine groups is 1. The number of hydrogen-bond donors (Lipinski definition) is 3. The summed E-state index contributed by atoms with van der Waals surface area (Å²) >= 11 is 0. The van der Waals surface area contributed by atoms with Crippen LogP contribution in [0.4, 0.5) is 18.9 Å². The Balaban J connectivity index is 1.28. The number of benzene rings is 2. The molecule has 2 aliphatic carbocycles. The van der Waals surface area contributed by atoms with Crippen LogP contribution in [0.25, 0.3) is 22.0 Å². The summed E-state index contributed by atoms with van der Waals surface area (Å²) in [4.78, 5) is 24.5. The Morgan fingerprint density at radius 1 is 1.08 bits per heavy atom. The summed E-state index contributed by atoms with van der Waals surface area (Å²) in [6.07, 6.45) is 2.94.